The molecule has 3 unspecified atom stereocenters. The lowest BCUT2D eigenvalue weighted by atomic mass is 9.88. The highest BCUT2D eigenvalue weighted by atomic mass is 16.2. The van der Waals surface area contributed by atoms with E-state index in [9.17, 15) is 4.79 Å². The summed E-state index contributed by atoms with van der Waals surface area (Å²) in [5.41, 5.74) is 0. The minimum absolute atomic E-state index is 0.0437. The van der Waals surface area contributed by atoms with Crippen molar-refractivity contribution in [3.63, 3.8) is 0 Å². The molecule has 0 radical (unpaired) electrons. The van der Waals surface area contributed by atoms with Gasteiger partial charge in [0.05, 0.1) is 6.04 Å². The summed E-state index contributed by atoms with van der Waals surface area (Å²) in [6.45, 7) is 6.57. The topological polar surface area (TPSA) is 44.4 Å². The highest BCUT2D eigenvalue weighted by Crippen LogP contribution is 2.27. The number of hydrogen-bond acceptors (Lipinski definition) is 3. The van der Waals surface area contributed by atoms with Crippen molar-refractivity contribution in [3.8, 4) is 0 Å². The lowest BCUT2D eigenvalue weighted by Gasteiger charge is -2.37. The van der Waals surface area contributed by atoms with Gasteiger partial charge in [-0.05, 0) is 57.7 Å². The van der Waals surface area contributed by atoms with Crippen molar-refractivity contribution in [2.75, 3.05) is 26.2 Å². The Morgan fingerprint density at radius 2 is 1.95 bits per heavy atom. The third-order valence-electron chi connectivity index (χ3n) is 5.36. The third kappa shape index (κ3) is 2.95. The van der Waals surface area contributed by atoms with Crippen molar-refractivity contribution in [2.45, 2.75) is 51.1 Å². The van der Waals surface area contributed by atoms with Gasteiger partial charge in [0.15, 0.2) is 0 Å². The largest absolute Gasteiger partial charge is 0.352 e. The third-order valence-corrected chi connectivity index (χ3v) is 5.36. The van der Waals surface area contributed by atoms with E-state index in [1.807, 2.05) is 0 Å². The minimum atomic E-state index is 0.0437. The van der Waals surface area contributed by atoms with Gasteiger partial charge < -0.3 is 10.6 Å². The van der Waals surface area contributed by atoms with Crippen LogP contribution in [0, 0.1) is 11.8 Å². The van der Waals surface area contributed by atoms with Crippen molar-refractivity contribution in [1.82, 2.24) is 15.5 Å². The van der Waals surface area contributed by atoms with E-state index in [0.717, 1.165) is 31.5 Å². The molecule has 3 rings (SSSR count). The van der Waals surface area contributed by atoms with E-state index in [1.165, 1.54) is 38.6 Å². The number of rotatable bonds is 3. The van der Waals surface area contributed by atoms with Crippen LogP contribution in [0.2, 0.25) is 0 Å². The van der Waals surface area contributed by atoms with Crippen LogP contribution in [0.1, 0.15) is 39.0 Å². The first-order valence-electron chi connectivity index (χ1n) is 7.99. The van der Waals surface area contributed by atoms with Crippen LogP contribution in [0.25, 0.3) is 0 Å². The molecule has 2 N–H and O–H groups in total. The monoisotopic (exact) mass is 265 g/mol. The van der Waals surface area contributed by atoms with E-state index in [-0.39, 0.29) is 11.9 Å². The first-order chi connectivity index (χ1) is 9.24. The summed E-state index contributed by atoms with van der Waals surface area (Å²) in [6.07, 6.45) is 6.15. The lowest BCUT2D eigenvalue weighted by Crippen LogP contribution is -2.52. The first-order valence-corrected chi connectivity index (χ1v) is 7.99. The van der Waals surface area contributed by atoms with Gasteiger partial charge in [-0.2, -0.15) is 0 Å². The van der Waals surface area contributed by atoms with Gasteiger partial charge in [0.1, 0.15) is 0 Å². The van der Waals surface area contributed by atoms with Gasteiger partial charge in [0.25, 0.3) is 0 Å². The Bertz CT molecular complexity index is 327. The van der Waals surface area contributed by atoms with Crippen molar-refractivity contribution < 1.29 is 4.79 Å². The highest BCUT2D eigenvalue weighted by molar-refractivity contribution is 5.81. The van der Waals surface area contributed by atoms with Crippen LogP contribution < -0.4 is 10.6 Å². The predicted molar refractivity (Wildman–Crippen MR) is 75.9 cm³/mol. The summed E-state index contributed by atoms with van der Waals surface area (Å²) in [7, 11) is 0. The molecule has 108 valence electrons. The Morgan fingerprint density at radius 1 is 1.21 bits per heavy atom. The van der Waals surface area contributed by atoms with Gasteiger partial charge >= 0.3 is 0 Å². The van der Waals surface area contributed by atoms with E-state index in [1.54, 1.807) is 0 Å². The molecule has 0 aromatic heterocycles. The van der Waals surface area contributed by atoms with Crippen LogP contribution in [0.15, 0.2) is 0 Å². The van der Waals surface area contributed by atoms with Crippen LogP contribution in [0.3, 0.4) is 0 Å². The molecular formula is C15H27N3O. The van der Waals surface area contributed by atoms with Crippen LogP contribution >= 0.6 is 0 Å². The zero-order valence-corrected chi connectivity index (χ0v) is 12.0. The molecule has 1 saturated carbocycles. The number of piperidine rings is 1. The van der Waals surface area contributed by atoms with E-state index >= 15 is 0 Å². The lowest BCUT2D eigenvalue weighted by molar-refractivity contribution is -0.127. The molecule has 0 bridgehead atoms. The molecule has 1 aliphatic carbocycles. The maximum atomic E-state index is 12.3. The molecule has 2 saturated heterocycles. The molecule has 1 amide bonds. The fraction of sp³-hybridized carbons (Fsp3) is 0.933. The molecule has 0 aromatic rings. The Hall–Kier alpha value is -0.610. The number of fused-ring (bicyclic) bond motifs is 1. The molecule has 2 aliphatic heterocycles. The van der Waals surface area contributed by atoms with Crippen molar-refractivity contribution in [3.05, 3.63) is 0 Å². The Kier molecular flexibility index (Phi) is 4.08. The summed E-state index contributed by atoms with van der Waals surface area (Å²) in [5, 5.41) is 6.72. The Morgan fingerprint density at radius 3 is 2.74 bits per heavy atom. The molecule has 0 aromatic carbocycles. The number of amides is 1. The molecular weight excluding hydrogens is 238 g/mol. The number of hydrogen-bond donors (Lipinski definition) is 2. The first kappa shape index (κ1) is 13.4. The van der Waals surface area contributed by atoms with E-state index in [2.05, 4.69) is 22.5 Å². The molecule has 3 aliphatic rings. The summed E-state index contributed by atoms with van der Waals surface area (Å²) >= 11 is 0. The molecule has 3 fully saturated rings. The van der Waals surface area contributed by atoms with Gasteiger partial charge in [-0.1, -0.05) is 12.8 Å². The molecule has 0 spiro atoms. The quantitative estimate of drug-likeness (QED) is 0.799. The fourth-order valence-corrected chi connectivity index (χ4v) is 3.97. The summed E-state index contributed by atoms with van der Waals surface area (Å²) in [6, 6.07) is 0.489. The zero-order valence-electron chi connectivity index (χ0n) is 12.0. The summed E-state index contributed by atoms with van der Waals surface area (Å²) in [4.78, 5) is 14.7. The van der Waals surface area contributed by atoms with Crippen molar-refractivity contribution >= 4 is 5.91 Å². The SMILES string of the molecule is CC(C(=O)NC1CCCC1)N1CCC2CNCC2C1. The average molecular weight is 265 g/mol. The molecule has 3 atom stereocenters. The second-order valence-corrected chi connectivity index (χ2v) is 6.63. The van der Waals surface area contributed by atoms with Gasteiger partial charge in [-0.3, -0.25) is 9.69 Å². The van der Waals surface area contributed by atoms with Gasteiger partial charge in [-0.25, -0.2) is 0 Å². The molecule has 2 heterocycles. The maximum Gasteiger partial charge on any atom is 0.237 e. The van der Waals surface area contributed by atoms with E-state index in [4.69, 9.17) is 0 Å². The number of carbonyl (C=O) groups excluding carboxylic acids is 1. The molecule has 19 heavy (non-hydrogen) atoms. The second-order valence-electron chi connectivity index (χ2n) is 6.63. The fourth-order valence-electron chi connectivity index (χ4n) is 3.97. The molecule has 4 heteroatoms. The van der Waals surface area contributed by atoms with Crippen LogP contribution in [-0.4, -0.2) is 49.1 Å². The minimum Gasteiger partial charge on any atom is -0.352 e. The molecule has 4 nitrogen and oxygen atoms in total. The van der Waals surface area contributed by atoms with E-state index in [0.29, 0.717) is 6.04 Å². The predicted octanol–water partition coefficient (Wildman–Crippen LogP) is 0.975. The summed E-state index contributed by atoms with van der Waals surface area (Å²) < 4.78 is 0. The number of likely N-dealkylation sites (tertiary alicyclic amines) is 1. The second kappa shape index (κ2) is 5.80. The summed E-state index contributed by atoms with van der Waals surface area (Å²) in [5.74, 6) is 1.85. The van der Waals surface area contributed by atoms with Crippen LogP contribution in [0.5, 0.6) is 0 Å². The number of nitrogens with zero attached hydrogens (tertiary/aromatic N) is 1. The van der Waals surface area contributed by atoms with Crippen molar-refractivity contribution in [2.24, 2.45) is 11.8 Å². The highest BCUT2D eigenvalue weighted by Gasteiger charge is 2.36. The standard InChI is InChI=1S/C15H27N3O/c1-11(15(19)17-14-4-2-3-5-14)18-7-6-12-8-16-9-13(12)10-18/h11-14,16H,2-10H2,1H3,(H,17,19). The zero-order chi connectivity index (χ0) is 13.2. The van der Waals surface area contributed by atoms with Gasteiger partial charge in [0, 0.05) is 12.6 Å². The maximum absolute atomic E-state index is 12.3. The Balaban J connectivity index is 1.51. The van der Waals surface area contributed by atoms with Crippen molar-refractivity contribution in [1.29, 1.82) is 0 Å². The average Bonchev–Trinajstić information content (AvgIpc) is 3.07. The van der Waals surface area contributed by atoms with Crippen LogP contribution in [-0.2, 0) is 4.79 Å². The van der Waals surface area contributed by atoms with E-state index < -0.39 is 0 Å². The smallest absolute Gasteiger partial charge is 0.237 e. The van der Waals surface area contributed by atoms with Gasteiger partial charge in [-0.15, -0.1) is 0 Å². The number of carbonyl (C=O) groups is 1. The Labute approximate surface area is 116 Å². The van der Waals surface area contributed by atoms with Gasteiger partial charge in [0.2, 0.25) is 5.91 Å². The van der Waals surface area contributed by atoms with Crippen LogP contribution in [0.4, 0.5) is 0 Å². The normalized spacial score (nSPS) is 34.2. The number of nitrogens with one attached hydrogen (secondary N) is 2.